The summed E-state index contributed by atoms with van der Waals surface area (Å²) in [5.74, 6) is 0.592. The van der Waals surface area contributed by atoms with E-state index in [4.69, 9.17) is 9.47 Å². The summed E-state index contributed by atoms with van der Waals surface area (Å²) in [6, 6.07) is 6.36. The zero-order valence-electron chi connectivity index (χ0n) is 19.5. The first-order valence-corrected chi connectivity index (χ1v) is 11.5. The average molecular weight is 457 g/mol. The molecule has 4 rings (SSSR count). The molecule has 1 atom stereocenters. The van der Waals surface area contributed by atoms with Crippen LogP contribution in [0.3, 0.4) is 0 Å². The highest BCUT2D eigenvalue weighted by Gasteiger charge is 2.39. The van der Waals surface area contributed by atoms with Gasteiger partial charge < -0.3 is 19.7 Å². The van der Waals surface area contributed by atoms with Gasteiger partial charge >= 0.3 is 12.0 Å². The first-order valence-electron chi connectivity index (χ1n) is 11.5. The first-order chi connectivity index (χ1) is 15.9. The minimum atomic E-state index is -0.684. The lowest BCUT2D eigenvalue weighted by Gasteiger charge is -2.39. The van der Waals surface area contributed by atoms with E-state index >= 15 is 0 Å². The van der Waals surface area contributed by atoms with Crippen molar-refractivity contribution in [2.24, 2.45) is 5.92 Å². The van der Waals surface area contributed by atoms with Gasteiger partial charge in [0.05, 0.1) is 25.3 Å². The molecule has 2 fully saturated rings. The summed E-state index contributed by atoms with van der Waals surface area (Å²) in [7, 11) is 3.22. The predicted octanol–water partition coefficient (Wildman–Crippen LogP) is 1.76. The SMILES string of the molecule is CCOC(=O)C1=C(CN2CCN(C(=O)C3CC3)CC2)N(C)C(=O)N[C@@H]1c1ccccc1OC. The van der Waals surface area contributed by atoms with Crippen molar-refractivity contribution >= 4 is 17.9 Å². The number of nitrogens with one attached hydrogen (secondary N) is 1. The van der Waals surface area contributed by atoms with E-state index < -0.39 is 12.0 Å². The van der Waals surface area contributed by atoms with Crippen LogP contribution in [0.25, 0.3) is 0 Å². The fraction of sp³-hybridized carbons (Fsp3) is 0.542. The molecule has 1 aromatic carbocycles. The highest BCUT2D eigenvalue weighted by atomic mass is 16.5. The number of carbonyl (C=O) groups is 3. The Kier molecular flexibility index (Phi) is 6.88. The third-order valence-electron chi connectivity index (χ3n) is 6.51. The van der Waals surface area contributed by atoms with Crippen LogP contribution < -0.4 is 10.1 Å². The van der Waals surface area contributed by atoms with Gasteiger partial charge in [0.25, 0.3) is 0 Å². The third kappa shape index (κ3) is 4.83. The number of rotatable bonds is 7. The van der Waals surface area contributed by atoms with Crippen molar-refractivity contribution in [3.63, 3.8) is 0 Å². The molecular formula is C24H32N4O5. The van der Waals surface area contributed by atoms with Crippen LogP contribution in [0.1, 0.15) is 31.4 Å². The fourth-order valence-corrected chi connectivity index (χ4v) is 4.46. The number of hydrogen-bond acceptors (Lipinski definition) is 6. The quantitative estimate of drug-likeness (QED) is 0.629. The monoisotopic (exact) mass is 456 g/mol. The molecule has 1 saturated heterocycles. The zero-order chi connectivity index (χ0) is 23.5. The molecule has 9 nitrogen and oxygen atoms in total. The number of para-hydroxylation sites is 1. The molecule has 33 heavy (non-hydrogen) atoms. The first kappa shape index (κ1) is 23.1. The van der Waals surface area contributed by atoms with E-state index in [2.05, 4.69) is 10.2 Å². The lowest BCUT2D eigenvalue weighted by atomic mass is 9.93. The Labute approximate surface area is 194 Å². The maximum absolute atomic E-state index is 13.1. The lowest BCUT2D eigenvalue weighted by molar-refractivity contribution is -0.139. The summed E-state index contributed by atoms with van der Waals surface area (Å²) < 4.78 is 10.9. The van der Waals surface area contributed by atoms with Crippen LogP contribution in [-0.4, -0.2) is 86.1 Å². The molecule has 0 spiro atoms. The van der Waals surface area contributed by atoms with Crippen molar-refractivity contribution in [2.45, 2.75) is 25.8 Å². The molecule has 178 valence electrons. The Morgan fingerprint density at radius 2 is 1.82 bits per heavy atom. The van der Waals surface area contributed by atoms with Gasteiger partial charge in [-0.15, -0.1) is 0 Å². The molecule has 0 unspecified atom stereocenters. The highest BCUT2D eigenvalue weighted by Crippen LogP contribution is 2.36. The summed E-state index contributed by atoms with van der Waals surface area (Å²) in [6.45, 7) is 5.09. The van der Waals surface area contributed by atoms with Gasteiger partial charge in [0, 0.05) is 56.9 Å². The third-order valence-corrected chi connectivity index (χ3v) is 6.51. The van der Waals surface area contributed by atoms with Crippen LogP contribution in [-0.2, 0) is 14.3 Å². The predicted molar refractivity (Wildman–Crippen MR) is 121 cm³/mol. The van der Waals surface area contributed by atoms with Crippen LogP contribution >= 0.6 is 0 Å². The van der Waals surface area contributed by atoms with Gasteiger partial charge in [0.15, 0.2) is 0 Å². The van der Waals surface area contributed by atoms with Crippen molar-refractivity contribution in [2.75, 3.05) is 53.5 Å². The smallest absolute Gasteiger partial charge is 0.338 e. The van der Waals surface area contributed by atoms with Crippen LogP contribution in [0.4, 0.5) is 4.79 Å². The molecule has 1 aliphatic carbocycles. The number of methoxy groups -OCH3 is 1. The minimum Gasteiger partial charge on any atom is -0.496 e. The second-order valence-corrected chi connectivity index (χ2v) is 8.64. The van der Waals surface area contributed by atoms with E-state index in [0.29, 0.717) is 55.3 Å². The average Bonchev–Trinajstić information content (AvgIpc) is 3.67. The largest absolute Gasteiger partial charge is 0.496 e. The summed E-state index contributed by atoms with van der Waals surface area (Å²) in [5, 5.41) is 2.93. The Balaban J connectivity index is 1.63. The van der Waals surface area contributed by atoms with Gasteiger partial charge in [-0.1, -0.05) is 18.2 Å². The molecule has 0 radical (unpaired) electrons. The minimum absolute atomic E-state index is 0.212. The van der Waals surface area contributed by atoms with Gasteiger partial charge in [-0.05, 0) is 25.8 Å². The van der Waals surface area contributed by atoms with E-state index in [1.807, 2.05) is 23.1 Å². The van der Waals surface area contributed by atoms with Crippen molar-refractivity contribution in [3.05, 3.63) is 41.1 Å². The number of esters is 1. The number of ether oxygens (including phenoxy) is 2. The number of piperazine rings is 1. The number of urea groups is 1. The Morgan fingerprint density at radius 1 is 1.12 bits per heavy atom. The Bertz CT molecular complexity index is 950. The topological polar surface area (TPSA) is 91.4 Å². The molecule has 0 bridgehead atoms. The number of carbonyl (C=O) groups excluding carboxylic acids is 3. The van der Waals surface area contributed by atoms with E-state index in [-0.39, 0.29) is 24.5 Å². The molecule has 9 heteroatoms. The van der Waals surface area contributed by atoms with Crippen LogP contribution in [0.5, 0.6) is 5.75 Å². The van der Waals surface area contributed by atoms with E-state index in [1.54, 1.807) is 27.1 Å². The van der Waals surface area contributed by atoms with Crippen LogP contribution in [0.2, 0.25) is 0 Å². The van der Waals surface area contributed by atoms with Gasteiger partial charge in [-0.3, -0.25) is 14.6 Å². The number of likely N-dealkylation sites (N-methyl/N-ethyl adjacent to an activating group) is 1. The summed E-state index contributed by atoms with van der Waals surface area (Å²) >= 11 is 0. The zero-order valence-corrected chi connectivity index (χ0v) is 19.5. The Morgan fingerprint density at radius 3 is 2.45 bits per heavy atom. The number of benzene rings is 1. The van der Waals surface area contributed by atoms with Gasteiger partial charge in [-0.25, -0.2) is 9.59 Å². The molecular weight excluding hydrogens is 424 g/mol. The van der Waals surface area contributed by atoms with E-state index in [9.17, 15) is 14.4 Å². The van der Waals surface area contributed by atoms with E-state index in [1.165, 1.54) is 4.90 Å². The van der Waals surface area contributed by atoms with Crippen molar-refractivity contribution < 1.29 is 23.9 Å². The molecule has 0 aromatic heterocycles. The van der Waals surface area contributed by atoms with Gasteiger partial charge in [-0.2, -0.15) is 0 Å². The molecule has 3 amide bonds. The van der Waals surface area contributed by atoms with Gasteiger partial charge in [0.2, 0.25) is 5.91 Å². The maximum atomic E-state index is 13.1. The fourth-order valence-electron chi connectivity index (χ4n) is 4.46. The molecule has 2 heterocycles. The van der Waals surface area contributed by atoms with Crippen LogP contribution in [0.15, 0.2) is 35.5 Å². The number of amides is 3. The Hall–Kier alpha value is -3.07. The maximum Gasteiger partial charge on any atom is 0.338 e. The lowest BCUT2D eigenvalue weighted by Crippen LogP contribution is -2.53. The highest BCUT2D eigenvalue weighted by molar-refractivity contribution is 5.95. The molecule has 1 saturated carbocycles. The van der Waals surface area contributed by atoms with Crippen molar-refractivity contribution in [1.29, 1.82) is 0 Å². The second kappa shape index (κ2) is 9.82. The molecule has 1 aromatic rings. The molecule has 2 aliphatic heterocycles. The van der Waals surface area contributed by atoms with Crippen molar-refractivity contribution in [3.8, 4) is 5.75 Å². The summed E-state index contributed by atoms with van der Waals surface area (Å²) in [6.07, 6.45) is 2.00. The number of hydrogen-bond donors (Lipinski definition) is 1. The normalized spacial score (nSPS) is 21.7. The number of nitrogens with zero attached hydrogens (tertiary/aromatic N) is 3. The summed E-state index contributed by atoms with van der Waals surface area (Å²) in [5.41, 5.74) is 1.71. The van der Waals surface area contributed by atoms with Crippen LogP contribution in [0, 0.1) is 5.92 Å². The molecule has 3 aliphatic rings. The van der Waals surface area contributed by atoms with Gasteiger partial charge in [0.1, 0.15) is 5.75 Å². The second-order valence-electron chi connectivity index (χ2n) is 8.64. The molecule has 1 N–H and O–H groups in total. The standard InChI is InChI=1S/C24H32N4O5/c1-4-33-23(30)20-18(15-27-11-13-28(14-12-27)22(29)16-9-10-16)26(2)24(31)25-21(20)17-7-5-6-8-19(17)32-3/h5-8,16,21H,4,9-15H2,1-3H3,(H,25,31)/t21-/m1/s1. The van der Waals surface area contributed by atoms with E-state index in [0.717, 1.165) is 12.8 Å². The summed E-state index contributed by atoms with van der Waals surface area (Å²) in [4.78, 5) is 44.0. The van der Waals surface area contributed by atoms with Crippen molar-refractivity contribution in [1.82, 2.24) is 20.0 Å².